The molecule has 0 amide bonds. The summed E-state index contributed by atoms with van der Waals surface area (Å²) in [5, 5.41) is 9.45. The molecule has 12 heteroatoms. The number of aromatic nitrogens is 3. The first-order valence-corrected chi connectivity index (χ1v) is 8.09. The molecule has 0 radical (unpaired) electrons. The van der Waals surface area contributed by atoms with Crippen molar-refractivity contribution in [1.29, 1.82) is 0 Å². The van der Waals surface area contributed by atoms with Crippen molar-refractivity contribution in [3.05, 3.63) is 74.0 Å². The van der Waals surface area contributed by atoms with Crippen molar-refractivity contribution in [2.75, 3.05) is 0 Å². The lowest BCUT2D eigenvalue weighted by atomic mass is 10.2. The molecule has 2 heterocycles. The summed E-state index contributed by atoms with van der Waals surface area (Å²) >= 11 is 5.90. The van der Waals surface area contributed by atoms with Gasteiger partial charge in [0.05, 0.1) is 16.9 Å². The summed E-state index contributed by atoms with van der Waals surface area (Å²) in [5.74, 6) is -1.93. The Bertz CT molecular complexity index is 1220. The zero-order valence-corrected chi connectivity index (χ0v) is 15.1. The van der Waals surface area contributed by atoms with Gasteiger partial charge in [-0.25, -0.2) is 13.8 Å². The predicted molar refractivity (Wildman–Crippen MR) is 93.2 cm³/mol. The maximum Gasteiger partial charge on any atom is 0.431 e. The summed E-state index contributed by atoms with van der Waals surface area (Å²) in [6, 6.07) is 2.93. The van der Waals surface area contributed by atoms with E-state index in [0.29, 0.717) is 6.07 Å². The van der Waals surface area contributed by atoms with Crippen LogP contribution in [0.3, 0.4) is 0 Å². The normalized spacial score (nSPS) is 11.5. The minimum absolute atomic E-state index is 0.167. The molecule has 2 aromatic heterocycles. The molecule has 0 bridgehead atoms. The minimum Gasteiger partial charge on any atom is -0.504 e. The standard InChI is InChI=1S/C17H10ClF4N3O4/c1-24-14(17(20,21)22)6-15(27)25(16(24)28)10-5-12(8(18)4-9(10)19)29-13-7-23-3-2-11(13)26/h2-7H,1H3,(H,23,26). The Morgan fingerprint density at radius 3 is 2.48 bits per heavy atom. The van der Waals surface area contributed by atoms with Gasteiger partial charge in [0.25, 0.3) is 5.56 Å². The highest BCUT2D eigenvalue weighted by molar-refractivity contribution is 6.32. The molecule has 0 atom stereocenters. The second-order valence-corrected chi connectivity index (χ2v) is 6.13. The number of hydrogen-bond acceptors (Lipinski definition) is 5. The number of nitrogens with zero attached hydrogens (tertiary/aromatic N) is 3. The number of pyridine rings is 1. The maximum atomic E-state index is 14.4. The Kier molecular flexibility index (Phi) is 5.09. The largest absolute Gasteiger partial charge is 0.504 e. The van der Waals surface area contributed by atoms with Gasteiger partial charge in [0, 0.05) is 31.4 Å². The molecular formula is C17H10ClF4N3O4. The Balaban J connectivity index is 2.20. The fourth-order valence-corrected chi connectivity index (χ4v) is 2.65. The average molecular weight is 432 g/mol. The lowest BCUT2D eigenvalue weighted by Gasteiger charge is -2.15. The summed E-state index contributed by atoms with van der Waals surface area (Å²) in [6.07, 6.45) is -2.57. The van der Waals surface area contributed by atoms with Crippen LogP contribution in [0.4, 0.5) is 17.6 Å². The Hall–Kier alpha value is -3.34. The van der Waals surface area contributed by atoms with E-state index in [1.165, 1.54) is 12.3 Å². The SMILES string of the molecule is Cn1c(C(F)(F)F)cc(=O)n(-c2cc(Oc3cnccc3O)c(Cl)cc2F)c1=O. The number of benzene rings is 1. The molecule has 152 valence electrons. The monoisotopic (exact) mass is 431 g/mol. The molecule has 29 heavy (non-hydrogen) atoms. The number of rotatable bonds is 3. The summed E-state index contributed by atoms with van der Waals surface area (Å²) < 4.78 is 59.0. The van der Waals surface area contributed by atoms with Crippen LogP contribution in [0.2, 0.25) is 5.02 Å². The molecule has 3 aromatic rings. The van der Waals surface area contributed by atoms with Crippen LogP contribution in [0.1, 0.15) is 5.69 Å². The second-order valence-electron chi connectivity index (χ2n) is 5.72. The quantitative estimate of drug-likeness (QED) is 0.643. The first-order valence-electron chi connectivity index (χ1n) is 7.71. The van der Waals surface area contributed by atoms with Gasteiger partial charge in [-0.1, -0.05) is 11.6 Å². The van der Waals surface area contributed by atoms with E-state index >= 15 is 0 Å². The molecule has 0 aliphatic rings. The molecule has 0 saturated carbocycles. The molecule has 0 saturated heterocycles. The zero-order valence-electron chi connectivity index (χ0n) is 14.4. The Morgan fingerprint density at radius 1 is 1.17 bits per heavy atom. The van der Waals surface area contributed by atoms with Gasteiger partial charge in [0.2, 0.25) is 0 Å². The highest BCUT2D eigenvalue weighted by Crippen LogP contribution is 2.35. The number of aromatic hydroxyl groups is 1. The molecule has 0 unspecified atom stereocenters. The van der Waals surface area contributed by atoms with Gasteiger partial charge in [-0.3, -0.25) is 14.3 Å². The van der Waals surface area contributed by atoms with Crippen LogP contribution >= 0.6 is 11.6 Å². The van der Waals surface area contributed by atoms with Crippen molar-refractivity contribution in [1.82, 2.24) is 14.1 Å². The second kappa shape index (κ2) is 7.24. The van der Waals surface area contributed by atoms with Gasteiger partial charge in [0.15, 0.2) is 11.5 Å². The summed E-state index contributed by atoms with van der Waals surface area (Å²) in [4.78, 5) is 28.3. The van der Waals surface area contributed by atoms with Crippen LogP contribution in [-0.2, 0) is 13.2 Å². The average Bonchev–Trinajstić information content (AvgIpc) is 2.62. The lowest BCUT2D eigenvalue weighted by Crippen LogP contribution is -2.41. The Morgan fingerprint density at radius 2 is 1.86 bits per heavy atom. The van der Waals surface area contributed by atoms with E-state index in [9.17, 15) is 32.3 Å². The van der Waals surface area contributed by atoms with Crippen molar-refractivity contribution >= 4 is 11.6 Å². The van der Waals surface area contributed by atoms with E-state index in [1.807, 2.05) is 0 Å². The van der Waals surface area contributed by atoms with Crippen LogP contribution < -0.4 is 16.0 Å². The van der Waals surface area contributed by atoms with Gasteiger partial charge >= 0.3 is 11.9 Å². The molecule has 0 aliphatic carbocycles. The van der Waals surface area contributed by atoms with Crippen molar-refractivity contribution in [2.45, 2.75) is 6.18 Å². The van der Waals surface area contributed by atoms with Crippen LogP contribution in [0.15, 0.2) is 46.2 Å². The van der Waals surface area contributed by atoms with Gasteiger partial charge in [-0.05, 0) is 6.07 Å². The number of ether oxygens (including phenoxy) is 1. The fourth-order valence-electron chi connectivity index (χ4n) is 2.46. The van der Waals surface area contributed by atoms with Crippen LogP contribution in [0.25, 0.3) is 5.69 Å². The molecule has 0 aliphatic heterocycles. The first-order chi connectivity index (χ1) is 13.5. The first kappa shape index (κ1) is 20.4. The van der Waals surface area contributed by atoms with Crippen molar-refractivity contribution < 1.29 is 27.4 Å². The third-order valence-electron chi connectivity index (χ3n) is 3.84. The molecule has 1 N–H and O–H groups in total. The van der Waals surface area contributed by atoms with E-state index in [0.717, 1.165) is 19.3 Å². The third kappa shape index (κ3) is 3.81. The summed E-state index contributed by atoms with van der Waals surface area (Å²) in [6.45, 7) is 0. The molecule has 7 nitrogen and oxygen atoms in total. The van der Waals surface area contributed by atoms with Crippen LogP contribution in [0, 0.1) is 5.82 Å². The van der Waals surface area contributed by atoms with E-state index in [1.54, 1.807) is 0 Å². The minimum atomic E-state index is -4.96. The third-order valence-corrected chi connectivity index (χ3v) is 4.13. The van der Waals surface area contributed by atoms with E-state index in [-0.39, 0.29) is 37.5 Å². The summed E-state index contributed by atoms with van der Waals surface area (Å²) in [5.41, 5.74) is -5.01. The topological polar surface area (TPSA) is 86.3 Å². The molecule has 0 spiro atoms. The lowest BCUT2D eigenvalue weighted by molar-refractivity contribution is -0.144. The number of alkyl halides is 3. The number of halogens is 5. The van der Waals surface area contributed by atoms with E-state index in [2.05, 4.69) is 4.98 Å². The molecular weight excluding hydrogens is 422 g/mol. The Labute approximate surface area is 164 Å². The van der Waals surface area contributed by atoms with E-state index < -0.39 is 34.6 Å². The maximum absolute atomic E-state index is 14.4. The molecule has 1 aromatic carbocycles. The van der Waals surface area contributed by atoms with Crippen molar-refractivity contribution in [3.63, 3.8) is 0 Å². The van der Waals surface area contributed by atoms with Crippen LogP contribution in [0.5, 0.6) is 17.2 Å². The summed E-state index contributed by atoms with van der Waals surface area (Å²) in [7, 11) is 0.792. The fraction of sp³-hybridized carbons (Fsp3) is 0.118. The molecule has 0 fully saturated rings. The van der Waals surface area contributed by atoms with Gasteiger partial charge in [0.1, 0.15) is 17.3 Å². The smallest absolute Gasteiger partial charge is 0.431 e. The van der Waals surface area contributed by atoms with Crippen molar-refractivity contribution in [2.24, 2.45) is 7.05 Å². The highest BCUT2D eigenvalue weighted by Gasteiger charge is 2.35. The molecule has 3 rings (SSSR count). The van der Waals surface area contributed by atoms with Gasteiger partial charge in [-0.15, -0.1) is 0 Å². The van der Waals surface area contributed by atoms with Crippen molar-refractivity contribution in [3.8, 4) is 22.9 Å². The highest BCUT2D eigenvalue weighted by atomic mass is 35.5. The van der Waals surface area contributed by atoms with E-state index in [4.69, 9.17) is 16.3 Å². The zero-order chi connectivity index (χ0) is 21.5. The van der Waals surface area contributed by atoms with Crippen LogP contribution in [-0.4, -0.2) is 19.2 Å². The number of hydrogen-bond donors (Lipinski definition) is 1. The predicted octanol–water partition coefficient (Wildman–Crippen LogP) is 3.24. The van der Waals surface area contributed by atoms with Gasteiger partial charge < -0.3 is 9.84 Å². The van der Waals surface area contributed by atoms with Gasteiger partial charge in [-0.2, -0.15) is 13.2 Å².